The average Bonchev–Trinajstić information content (AvgIpc) is 2.59. The highest BCUT2D eigenvalue weighted by molar-refractivity contribution is 7.86. The maximum atomic E-state index is 12.1. The number of carbonyl (C=O) groups is 1. The van der Waals surface area contributed by atoms with Gasteiger partial charge in [-0.25, -0.2) is 4.79 Å². The van der Waals surface area contributed by atoms with Crippen LogP contribution in [0.15, 0.2) is 30.3 Å². The van der Waals surface area contributed by atoms with Gasteiger partial charge in [-0.3, -0.25) is 4.18 Å². The lowest BCUT2D eigenvalue weighted by atomic mass is 9.87. The smallest absolute Gasteiger partial charge is 0.335 e. The third-order valence-electron chi connectivity index (χ3n) is 3.52. The van der Waals surface area contributed by atoms with Crippen molar-refractivity contribution in [3.63, 3.8) is 0 Å². The Kier molecular flexibility index (Phi) is 8.85. The molecule has 8 heteroatoms. The summed E-state index contributed by atoms with van der Waals surface area (Å²) in [5, 5.41) is 0. The number of esters is 1. The second-order valence-corrected chi connectivity index (χ2v) is 8.39. The lowest BCUT2D eigenvalue weighted by Gasteiger charge is -2.31. The molecule has 0 amide bonds. The maximum absolute atomic E-state index is 12.1. The second kappa shape index (κ2) is 10.1. The fourth-order valence-corrected chi connectivity index (χ4v) is 3.47. The molecule has 0 fully saturated rings. The first-order chi connectivity index (χ1) is 11.7. The summed E-state index contributed by atoms with van der Waals surface area (Å²) < 4.78 is 39.2. The number of methoxy groups -OCH3 is 1. The van der Waals surface area contributed by atoms with E-state index in [0.717, 1.165) is 5.56 Å². The summed E-state index contributed by atoms with van der Waals surface area (Å²) in [6, 6.07) is 9.35. The van der Waals surface area contributed by atoms with Crippen molar-refractivity contribution in [2.75, 3.05) is 25.3 Å². The standard InChI is InChI=1S/C17H25ClO6S/c1-17(2,13-24-25(20,21)11-7-10-18)15(16(19)22-3)23-12-14-8-5-4-6-9-14/h4-6,8-9,15H,7,10-13H2,1-3H3/t15-/m0/s1. The number of carbonyl (C=O) groups excluding carboxylic acids is 1. The zero-order chi connectivity index (χ0) is 18.9. The zero-order valence-corrected chi connectivity index (χ0v) is 16.3. The number of hydrogen-bond acceptors (Lipinski definition) is 6. The van der Waals surface area contributed by atoms with Crippen LogP contribution in [0, 0.1) is 5.41 Å². The van der Waals surface area contributed by atoms with Crippen molar-refractivity contribution in [1.29, 1.82) is 0 Å². The van der Waals surface area contributed by atoms with Crippen LogP contribution in [-0.2, 0) is 35.2 Å². The van der Waals surface area contributed by atoms with E-state index in [0.29, 0.717) is 6.42 Å². The van der Waals surface area contributed by atoms with Crippen LogP contribution in [0.25, 0.3) is 0 Å². The van der Waals surface area contributed by atoms with Crippen LogP contribution in [0.1, 0.15) is 25.8 Å². The van der Waals surface area contributed by atoms with Crippen molar-refractivity contribution in [1.82, 2.24) is 0 Å². The van der Waals surface area contributed by atoms with E-state index in [1.807, 2.05) is 30.3 Å². The van der Waals surface area contributed by atoms with Crippen LogP contribution in [0.4, 0.5) is 0 Å². The summed E-state index contributed by atoms with van der Waals surface area (Å²) in [7, 11) is -2.44. The molecule has 0 saturated carbocycles. The predicted octanol–water partition coefficient (Wildman–Crippen LogP) is 2.75. The highest BCUT2D eigenvalue weighted by Gasteiger charge is 2.38. The van der Waals surface area contributed by atoms with Gasteiger partial charge in [0.1, 0.15) is 0 Å². The summed E-state index contributed by atoms with van der Waals surface area (Å²) in [6.07, 6.45) is -0.671. The molecule has 0 aliphatic carbocycles. The maximum Gasteiger partial charge on any atom is 0.335 e. The molecule has 1 aromatic rings. The molecule has 0 radical (unpaired) electrons. The molecule has 1 aromatic carbocycles. The van der Waals surface area contributed by atoms with E-state index in [1.54, 1.807) is 13.8 Å². The first kappa shape index (κ1) is 21.9. The number of rotatable bonds is 11. The van der Waals surface area contributed by atoms with Gasteiger partial charge in [0.25, 0.3) is 10.1 Å². The minimum absolute atomic E-state index is 0.166. The summed E-state index contributed by atoms with van der Waals surface area (Å²) >= 11 is 5.51. The van der Waals surface area contributed by atoms with E-state index in [4.69, 9.17) is 25.3 Å². The van der Waals surface area contributed by atoms with Gasteiger partial charge in [-0.2, -0.15) is 8.42 Å². The molecular formula is C17H25ClO6S. The van der Waals surface area contributed by atoms with Gasteiger partial charge in [-0.1, -0.05) is 44.2 Å². The monoisotopic (exact) mass is 392 g/mol. The summed E-state index contributed by atoms with van der Waals surface area (Å²) in [6.45, 7) is 3.38. The van der Waals surface area contributed by atoms with Crippen LogP contribution in [0.2, 0.25) is 0 Å². The molecule has 0 spiro atoms. The molecule has 0 aromatic heterocycles. The fourth-order valence-electron chi connectivity index (χ4n) is 2.08. The first-order valence-electron chi connectivity index (χ1n) is 7.88. The van der Waals surface area contributed by atoms with Gasteiger partial charge in [0, 0.05) is 11.3 Å². The first-order valence-corrected chi connectivity index (χ1v) is 9.99. The Hall–Kier alpha value is -1.15. The third-order valence-corrected chi connectivity index (χ3v) is 5.06. The molecule has 0 aliphatic rings. The Morgan fingerprint density at radius 2 is 1.88 bits per heavy atom. The molecule has 0 saturated heterocycles. The van der Waals surface area contributed by atoms with Crippen LogP contribution in [-0.4, -0.2) is 45.8 Å². The van der Waals surface area contributed by atoms with Crippen LogP contribution in [0.3, 0.4) is 0 Å². The molecule has 1 rings (SSSR count). The normalized spacial score (nSPS) is 13.4. The quantitative estimate of drug-likeness (QED) is 0.327. The lowest BCUT2D eigenvalue weighted by Crippen LogP contribution is -2.43. The van der Waals surface area contributed by atoms with Gasteiger partial charge in [-0.05, 0) is 12.0 Å². The molecular weight excluding hydrogens is 368 g/mol. The predicted molar refractivity (Wildman–Crippen MR) is 95.9 cm³/mol. The van der Waals surface area contributed by atoms with E-state index >= 15 is 0 Å². The van der Waals surface area contributed by atoms with Crippen molar-refractivity contribution < 1.29 is 26.9 Å². The van der Waals surface area contributed by atoms with Crippen LogP contribution < -0.4 is 0 Å². The van der Waals surface area contributed by atoms with E-state index < -0.39 is 27.6 Å². The SMILES string of the molecule is COC(=O)[C@H](OCc1ccccc1)C(C)(C)COS(=O)(=O)CCCCl. The Morgan fingerprint density at radius 1 is 1.24 bits per heavy atom. The van der Waals surface area contributed by atoms with Gasteiger partial charge in [0.2, 0.25) is 0 Å². The van der Waals surface area contributed by atoms with Crippen LogP contribution in [0.5, 0.6) is 0 Å². The lowest BCUT2D eigenvalue weighted by molar-refractivity contribution is -0.165. The van der Waals surface area contributed by atoms with E-state index in [9.17, 15) is 13.2 Å². The Balaban J connectivity index is 2.76. The summed E-state index contributed by atoms with van der Waals surface area (Å²) in [5.74, 6) is -0.514. The highest BCUT2D eigenvalue weighted by Crippen LogP contribution is 2.27. The molecule has 0 unspecified atom stereocenters. The topological polar surface area (TPSA) is 78.9 Å². The molecule has 0 N–H and O–H groups in total. The van der Waals surface area contributed by atoms with E-state index in [-0.39, 0.29) is 24.8 Å². The molecule has 0 heterocycles. The summed E-state index contributed by atoms with van der Waals surface area (Å²) in [4.78, 5) is 12.1. The van der Waals surface area contributed by atoms with Crippen LogP contribution >= 0.6 is 11.6 Å². The number of hydrogen-bond donors (Lipinski definition) is 0. The molecule has 0 bridgehead atoms. The van der Waals surface area contributed by atoms with Crippen molar-refractivity contribution in [2.45, 2.75) is 33.0 Å². The van der Waals surface area contributed by atoms with Gasteiger partial charge in [0.05, 0.1) is 26.1 Å². The van der Waals surface area contributed by atoms with Gasteiger partial charge < -0.3 is 9.47 Å². The van der Waals surface area contributed by atoms with Crippen molar-refractivity contribution in [2.24, 2.45) is 5.41 Å². The Bertz CT molecular complexity index is 630. The summed E-state index contributed by atoms with van der Waals surface area (Å²) in [5.41, 5.74) is -0.0153. The van der Waals surface area contributed by atoms with Crippen molar-refractivity contribution in [3.05, 3.63) is 35.9 Å². The van der Waals surface area contributed by atoms with Crippen molar-refractivity contribution >= 4 is 27.7 Å². The molecule has 25 heavy (non-hydrogen) atoms. The number of ether oxygens (including phenoxy) is 2. The Morgan fingerprint density at radius 3 is 2.44 bits per heavy atom. The van der Waals surface area contributed by atoms with Gasteiger partial charge in [-0.15, -0.1) is 11.6 Å². The fraction of sp³-hybridized carbons (Fsp3) is 0.588. The molecule has 142 valence electrons. The largest absolute Gasteiger partial charge is 0.467 e. The number of benzene rings is 1. The number of alkyl halides is 1. The number of halogens is 1. The van der Waals surface area contributed by atoms with E-state index in [1.165, 1.54) is 7.11 Å². The van der Waals surface area contributed by atoms with Crippen molar-refractivity contribution in [3.8, 4) is 0 Å². The molecule has 0 aliphatic heterocycles. The zero-order valence-electron chi connectivity index (χ0n) is 14.7. The minimum atomic E-state index is -3.70. The molecule has 1 atom stereocenters. The third kappa shape index (κ3) is 7.73. The minimum Gasteiger partial charge on any atom is -0.467 e. The van der Waals surface area contributed by atoms with E-state index in [2.05, 4.69) is 0 Å². The average molecular weight is 393 g/mol. The second-order valence-electron chi connectivity index (χ2n) is 6.25. The highest BCUT2D eigenvalue weighted by atomic mass is 35.5. The van der Waals surface area contributed by atoms with Gasteiger partial charge in [0.15, 0.2) is 6.10 Å². The Labute approximate surface area is 154 Å². The van der Waals surface area contributed by atoms with Gasteiger partial charge >= 0.3 is 5.97 Å². The molecule has 6 nitrogen and oxygen atoms in total.